The molecule has 0 aliphatic carbocycles. The molecule has 0 aliphatic heterocycles. The SMILES string of the molecule is O=C(/C=C/c1cccs1)NC(=S)NNC(=O)c1sc2ccccc2c1Cl. The van der Waals surface area contributed by atoms with Crippen LogP contribution in [0.1, 0.15) is 14.5 Å². The molecule has 2 heterocycles. The van der Waals surface area contributed by atoms with E-state index >= 15 is 0 Å². The van der Waals surface area contributed by atoms with Crippen molar-refractivity contribution < 1.29 is 9.59 Å². The lowest BCUT2D eigenvalue weighted by Gasteiger charge is -2.09. The Morgan fingerprint density at radius 3 is 2.65 bits per heavy atom. The number of carbonyl (C=O) groups is 2. The van der Waals surface area contributed by atoms with Crippen LogP contribution in [-0.4, -0.2) is 16.9 Å². The van der Waals surface area contributed by atoms with Gasteiger partial charge in [-0.15, -0.1) is 22.7 Å². The number of hydrogen-bond acceptors (Lipinski definition) is 5. The van der Waals surface area contributed by atoms with Crippen molar-refractivity contribution in [2.45, 2.75) is 0 Å². The number of fused-ring (bicyclic) bond motifs is 1. The first kappa shape index (κ1) is 18.5. The molecule has 9 heteroatoms. The first-order chi connectivity index (χ1) is 12.5. The molecule has 5 nitrogen and oxygen atoms in total. The number of benzene rings is 1. The number of thiocarbonyl (C=S) groups is 1. The van der Waals surface area contributed by atoms with E-state index in [1.54, 1.807) is 6.08 Å². The fourth-order valence-corrected chi connectivity index (χ4v) is 4.24. The molecule has 26 heavy (non-hydrogen) atoms. The van der Waals surface area contributed by atoms with Gasteiger partial charge in [0, 0.05) is 21.0 Å². The number of hydrogen-bond donors (Lipinski definition) is 3. The van der Waals surface area contributed by atoms with Gasteiger partial charge in [-0.25, -0.2) is 0 Å². The van der Waals surface area contributed by atoms with Gasteiger partial charge in [-0.2, -0.15) is 0 Å². The Kier molecular flexibility index (Phi) is 6.00. The largest absolute Gasteiger partial charge is 0.298 e. The Morgan fingerprint density at radius 1 is 1.12 bits per heavy atom. The summed E-state index contributed by atoms with van der Waals surface area (Å²) in [4.78, 5) is 25.4. The molecule has 0 aliphatic rings. The van der Waals surface area contributed by atoms with Crippen molar-refractivity contribution in [3.8, 4) is 0 Å². The molecule has 0 unspecified atom stereocenters. The molecule has 0 fully saturated rings. The molecular formula is C17H12ClN3O2S3. The monoisotopic (exact) mass is 421 g/mol. The van der Waals surface area contributed by atoms with Gasteiger partial charge >= 0.3 is 0 Å². The number of hydrazine groups is 1. The van der Waals surface area contributed by atoms with E-state index in [2.05, 4.69) is 16.2 Å². The van der Waals surface area contributed by atoms with Crippen LogP contribution < -0.4 is 16.2 Å². The molecule has 2 amide bonds. The predicted molar refractivity (Wildman–Crippen MR) is 112 cm³/mol. The lowest BCUT2D eigenvalue weighted by Crippen LogP contribution is -2.48. The van der Waals surface area contributed by atoms with Gasteiger partial charge in [-0.1, -0.05) is 35.9 Å². The van der Waals surface area contributed by atoms with Crippen LogP contribution >= 0.6 is 46.5 Å². The van der Waals surface area contributed by atoms with Gasteiger partial charge < -0.3 is 0 Å². The molecule has 3 rings (SSSR count). The summed E-state index contributed by atoms with van der Waals surface area (Å²) in [7, 11) is 0. The highest BCUT2D eigenvalue weighted by Gasteiger charge is 2.17. The van der Waals surface area contributed by atoms with Gasteiger partial charge in [0.1, 0.15) is 4.88 Å². The maximum Gasteiger partial charge on any atom is 0.281 e. The Balaban J connectivity index is 1.54. The molecule has 0 saturated carbocycles. The zero-order chi connectivity index (χ0) is 18.5. The zero-order valence-electron chi connectivity index (χ0n) is 13.1. The Hall–Kier alpha value is -2.26. The topological polar surface area (TPSA) is 70.2 Å². The first-order valence-electron chi connectivity index (χ1n) is 7.34. The molecule has 1 aromatic carbocycles. The second-order valence-corrected chi connectivity index (χ2v) is 7.81. The fourth-order valence-electron chi connectivity index (χ4n) is 2.06. The highest BCUT2D eigenvalue weighted by molar-refractivity contribution is 7.80. The lowest BCUT2D eigenvalue weighted by atomic mass is 10.2. The van der Waals surface area contributed by atoms with Crippen LogP contribution in [0.15, 0.2) is 47.9 Å². The van der Waals surface area contributed by atoms with Crippen molar-refractivity contribution in [3.05, 3.63) is 62.6 Å². The van der Waals surface area contributed by atoms with E-state index in [9.17, 15) is 9.59 Å². The summed E-state index contributed by atoms with van der Waals surface area (Å²) in [6, 6.07) is 11.3. The maximum absolute atomic E-state index is 12.3. The third kappa shape index (κ3) is 4.47. The smallest absolute Gasteiger partial charge is 0.281 e. The molecule has 0 atom stereocenters. The van der Waals surface area contributed by atoms with Crippen LogP contribution in [-0.2, 0) is 4.79 Å². The molecule has 0 bridgehead atoms. The van der Waals surface area contributed by atoms with E-state index in [1.165, 1.54) is 28.7 Å². The molecule has 3 aromatic rings. The molecule has 0 saturated heterocycles. The van der Waals surface area contributed by atoms with E-state index in [1.807, 2.05) is 41.8 Å². The summed E-state index contributed by atoms with van der Waals surface area (Å²) in [6.07, 6.45) is 3.04. The summed E-state index contributed by atoms with van der Waals surface area (Å²) < 4.78 is 0.914. The summed E-state index contributed by atoms with van der Waals surface area (Å²) >= 11 is 14.0. The fraction of sp³-hybridized carbons (Fsp3) is 0. The van der Waals surface area contributed by atoms with Crippen molar-refractivity contribution in [2.75, 3.05) is 0 Å². The first-order valence-corrected chi connectivity index (χ1v) is 9.83. The number of amides is 2. The van der Waals surface area contributed by atoms with E-state index in [0.29, 0.717) is 9.90 Å². The van der Waals surface area contributed by atoms with E-state index in [0.717, 1.165) is 15.0 Å². The van der Waals surface area contributed by atoms with Crippen LogP contribution in [0.3, 0.4) is 0 Å². The summed E-state index contributed by atoms with van der Waals surface area (Å²) in [6.45, 7) is 0. The summed E-state index contributed by atoms with van der Waals surface area (Å²) in [5, 5.41) is 5.55. The van der Waals surface area contributed by atoms with Crippen LogP contribution in [0.25, 0.3) is 16.2 Å². The predicted octanol–water partition coefficient (Wildman–Crippen LogP) is 3.97. The normalized spacial score (nSPS) is 10.8. The molecule has 0 spiro atoms. The molecule has 132 valence electrons. The van der Waals surface area contributed by atoms with E-state index in [4.69, 9.17) is 23.8 Å². The minimum Gasteiger partial charge on any atom is -0.298 e. The summed E-state index contributed by atoms with van der Waals surface area (Å²) in [5.74, 6) is -0.827. The third-order valence-electron chi connectivity index (χ3n) is 3.21. The van der Waals surface area contributed by atoms with E-state index < -0.39 is 11.8 Å². The third-order valence-corrected chi connectivity index (χ3v) is 5.93. The van der Waals surface area contributed by atoms with Crippen LogP contribution in [0.4, 0.5) is 0 Å². The lowest BCUT2D eigenvalue weighted by molar-refractivity contribution is -0.115. The van der Waals surface area contributed by atoms with Gasteiger partial charge in [-0.3, -0.25) is 25.8 Å². The highest BCUT2D eigenvalue weighted by Crippen LogP contribution is 2.34. The van der Waals surface area contributed by atoms with Crippen molar-refractivity contribution in [1.29, 1.82) is 0 Å². The van der Waals surface area contributed by atoms with E-state index in [-0.39, 0.29) is 5.11 Å². The average Bonchev–Trinajstić information content (AvgIpc) is 3.26. The Bertz CT molecular complexity index is 996. The molecule has 0 radical (unpaired) electrons. The minimum absolute atomic E-state index is 0.0172. The van der Waals surface area contributed by atoms with Crippen LogP contribution in [0, 0.1) is 0 Å². The van der Waals surface area contributed by atoms with Crippen molar-refractivity contribution in [3.63, 3.8) is 0 Å². The zero-order valence-corrected chi connectivity index (χ0v) is 16.3. The van der Waals surface area contributed by atoms with Gasteiger partial charge in [0.15, 0.2) is 5.11 Å². The minimum atomic E-state index is -0.429. The van der Waals surface area contributed by atoms with Crippen molar-refractivity contribution in [2.24, 2.45) is 0 Å². The van der Waals surface area contributed by atoms with Crippen molar-refractivity contribution >= 4 is 79.6 Å². The maximum atomic E-state index is 12.3. The Labute approximate surface area is 167 Å². The Morgan fingerprint density at radius 2 is 1.92 bits per heavy atom. The second kappa shape index (κ2) is 8.41. The number of carbonyl (C=O) groups excluding carboxylic acids is 2. The standard InChI is InChI=1S/C17H12ClN3O2S3/c18-14-11-5-1-2-6-12(11)26-15(14)16(23)20-21-17(24)19-13(22)8-7-10-4-3-9-25-10/h1-9H,(H,20,23)(H2,19,21,22,24)/b8-7+. The van der Waals surface area contributed by atoms with Gasteiger partial charge in [0.05, 0.1) is 5.02 Å². The number of thiophene rings is 2. The number of nitrogens with one attached hydrogen (secondary N) is 3. The average molecular weight is 422 g/mol. The highest BCUT2D eigenvalue weighted by atomic mass is 35.5. The molecule has 2 aromatic heterocycles. The van der Waals surface area contributed by atoms with Gasteiger partial charge in [-0.05, 0) is 35.8 Å². The number of halogens is 1. The second-order valence-electron chi connectivity index (χ2n) is 4.99. The van der Waals surface area contributed by atoms with Crippen LogP contribution in [0.2, 0.25) is 5.02 Å². The van der Waals surface area contributed by atoms with Gasteiger partial charge in [0.25, 0.3) is 5.91 Å². The molecular weight excluding hydrogens is 410 g/mol. The van der Waals surface area contributed by atoms with Crippen LogP contribution in [0.5, 0.6) is 0 Å². The summed E-state index contributed by atoms with van der Waals surface area (Å²) in [5.41, 5.74) is 4.93. The van der Waals surface area contributed by atoms with Crippen molar-refractivity contribution in [1.82, 2.24) is 16.2 Å². The quantitative estimate of drug-likeness (QED) is 0.340. The molecule has 3 N–H and O–H groups in total. The van der Waals surface area contributed by atoms with Gasteiger partial charge in [0.2, 0.25) is 5.91 Å². The number of rotatable bonds is 3.